The van der Waals surface area contributed by atoms with Crippen LogP contribution in [0.5, 0.6) is 0 Å². The monoisotopic (exact) mass is 488 g/mol. The second kappa shape index (κ2) is 9.93. The fraction of sp³-hybridized carbons (Fsp3) is 0.320. The van der Waals surface area contributed by atoms with Crippen molar-refractivity contribution in [1.82, 2.24) is 0 Å². The number of cyclic esters (lactones) is 1. The fourth-order valence-corrected chi connectivity index (χ4v) is 3.56. The van der Waals surface area contributed by atoms with Gasteiger partial charge in [0.05, 0.1) is 6.61 Å². The molecule has 8 nitrogen and oxygen atoms in total. The lowest BCUT2D eigenvalue weighted by atomic mass is 10.1. The van der Waals surface area contributed by atoms with Gasteiger partial charge in [-0.05, 0) is 62.4 Å². The van der Waals surface area contributed by atoms with Crippen LogP contribution in [0.2, 0.25) is 0 Å². The van der Waals surface area contributed by atoms with Gasteiger partial charge in [0.15, 0.2) is 42.4 Å². The van der Waals surface area contributed by atoms with Crippen LogP contribution < -0.4 is 0 Å². The molecule has 4 rings (SSSR count). The Kier molecular flexibility index (Phi) is 6.95. The summed E-state index contributed by atoms with van der Waals surface area (Å²) in [7, 11) is 0. The lowest BCUT2D eigenvalue weighted by molar-refractivity contribution is -0.163. The number of rotatable bonds is 9. The minimum absolute atomic E-state index is 0.0749. The van der Waals surface area contributed by atoms with E-state index in [1.165, 1.54) is 24.3 Å². The third-order valence-electron chi connectivity index (χ3n) is 5.31. The highest BCUT2D eigenvalue weighted by atomic mass is 19.1. The Morgan fingerprint density at radius 2 is 1.43 bits per heavy atom. The van der Waals surface area contributed by atoms with Crippen LogP contribution in [0, 0.1) is 11.6 Å². The number of Topliss-reactive ketones (excluding diaryl/α,β-unsaturated/α-hetero) is 2. The maximum absolute atomic E-state index is 13.2. The average Bonchev–Trinajstić information content (AvgIpc) is 3.34. The van der Waals surface area contributed by atoms with E-state index < -0.39 is 60.4 Å². The molecule has 0 bridgehead atoms. The van der Waals surface area contributed by atoms with Crippen LogP contribution in [0.3, 0.4) is 0 Å². The van der Waals surface area contributed by atoms with E-state index in [-0.39, 0.29) is 29.3 Å². The summed E-state index contributed by atoms with van der Waals surface area (Å²) in [5.41, 5.74) is 0.377. The quantitative estimate of drug-likeness (QED) is 0.392. The number of carbonyl (C=O) groups is 3. The second-order valence-electron chi connectivity index (χ2n) is 8.32. The number of hydrogen-bond acceptors (Lipinski definition) is 8. The average molecular weight is 488 g/mol. The topological polar surface area (TPSA) is 97.4 Å². The third-order valence-corrected chi connectivity index (χ3v) is 5.31. The third kappa shape index (κ3) is 5.72. The van der Waals surface area contributed by atoms with E-state index in [2.05, 4.69) is 0 Å². The molecule has 0 aliphatic carbocycles. The Bertz CT molecular complexity index is 1150. The zero-order valence-corrected chi connectivity index (χ0v) is 18.9. The highest BCUT2D eigenvalue weighted by Crippen LogP contribution is 2.34. The van der Waals surface area contributed by atoms with E-state index in [9.17, 15) is 23.2 Å². The Hall–Kier alpha value is -3.63. The van der Waals surface area contributed by atoms with Gasteiger partial charge in [-0.25, -0.2) is 13.6 Å². The molecule has 0 radical (unpaired) electrons. The van der Waals surface area contributed by atoms with Crippen molar-refractivity contribution in [2.45, 2.75) is 31.8 Å². The zero-order chi connectivity index (χ0) is 25.2. The van der Waals surface area contributed by atoms with Gasteiger partial charge < -0.3 is 23.7 Å². The molecule has 2 unspecified atom stereocenters. The molecule has 0 saturated carbocycles. The number of benzene rings is 2. The van der Waals surface area contributed by atoms with Crippen LogP contribution in [0.15, 0.2) is 60.0 Å². The summed E-state index contributed by atoms with van der Waals surface area (Å²) in [6.07, 6.45) is -1.83. The Labute approximate surface area is 199 Å². The van der Waals surface area contributed by atoms with Crippen molar-refractivity contribution in [1.29, 1.82) is 0 Å². The van der Waals surface area contributed by atoms with Gasteiger partial charge in [-0.1, -0.05) is 0 Å². The van der Waals surface area contributed by atoms with E-state index in [0.29, 0.717) is 0 Å². The van der Waals surface area contributed by atoms with E-state index in [1.807, 2.05) is 0 Å². The number of carbonyl (C=O) groups excluding carboxylic acids is 3. The standard InChI is InChI=1S/C25H22F2O8/c1-25(2)33-13-20(35-25)21-22(31-11-18(28)14-3-7-16(26)8-4-14)23(24(30)34-21)32-12-19(29)15-5-9-17(27)10-6-15/h3-10,20-21H,11-13H2,1-2H3. The van der Waals surface area contributed by atoms with Crippen LogP contribution >= 0.6 is 0 Å². The molecular formula is C25H22F2O8. The molecule has 0 amide bonds. The molecule has 0 aromatic heterocycles. The molecule has 1 saturated heterocycles. The van der Waals surface area contributed by atoms with Crippen LogP contribution in [-0.2, 0) is 28.5 Å². The van der Waals surface area contributed by atoms with Gasteiger partial charge >= 0.3 is 5.97 Å². The van der Waals surface area contributed by atoms with Gasteiger partial charge in [0, 0.05) is 11.1 Å². The summed E-state index contributed by atoms with van der Waals surface area (Å²) in [5, 5.41) is 0. The highest BCUT2D eigenvalue weighted by molar-refractivity contribution is 5.98. The molecule has 2 heterocycles. The van der Waals surface area contributed by atoms with Crippen LogP contribution in [-0.4, -0.2) is 55.4 Å². The number of hydrogen-bond donors (Lipinski definition) is 0. The summed E-state index contributed by atoms with van der Waals surface area (Å²) in [5.74, 6) is -4.35. The summed E-state index contributed by atoms with van der Waals surface area (Å²) in [6.45, 7) is 2.38. The predicted octanol–water partition coefficient (Wildman–Crippen LogP) is 3.35. The van der Waals surface area contributed by atoms with Crippen molar-refractivity contribution >= 4 is 17.5 Å². The lowest BCUT2D eigenvalue weighted by Gasteiger charge is -2.21. The maximum atomic E-state index is 13.2. The van der Waals surface area contributed by atoms with E-state index in [0.717, 1.165) is 24.3 Å². The lowest BCUT2D eigenvalue weighted by Crippen LogP contribution is -2.33. The summed E-state index contributed by atoms with van der Waals surface area (Å²) >= 11 is 0. The summed E-state index contributed by atoms with van der Waals surface area (Å²) in [6, 6.07) is 9.71. The van der Waals surface area contributed by atoms with Gasteiger partial charge in [0.1, 0.15) is 17.7 Å². The molecule has 2 aromatic rings. The molecule has 0 N–H and O–H groups in total. The van der Waals surface area contributed by atoms with Crippen molar-refractivity contribution < 1.29 is 46.8 Å². The molecule has 35 heavy (non-hydrogen) atoms. The van der Waals surface area contributed by atoms with E-state index in [1.54, 1.807) is 13.8 Å². The van der Waals surface area contributed by atoms with Crippen molar-refractivity contribution in [3.8, 4) is 0 Å². The maximum Gasteiger partial charge on any atom is 0.378 e. The SMILES string of the molecule is CC1(C)OCC(C2OC(=O)C(OCC(=O)c3ccc(F)cc3)=C2OCC(=O)c2ccc(F)cc2)O1. The van der Waals surface area contributed by atoms with Gasteiger partial charge in [-0.3, -0.25) is 9.59 Å². The minimum atomic E-state index is -1.08. The highest BCUT2D eigenvalue weighted by Gasteiger charge is 2.48. The molecule has 2 atom stereocenters. The van der Waals surface area contributed by atoms with Crippen molar-refractivity contribution in [3.63, 3.8) is 0 Å². The Morgan fingerprint density at radius 1 is 0.914 bits per heavy atom. The zero-order valence-electron chi connectivity index (χ0n) is 18.9. The van der Waals surface area contributed by atoms with Crippen LogP contribution in [0.25, 0.3) is 0 Å². The number of ketones is 2. The number of esters is 1. The van der Waals surface area contributed by atoms with Crippen molar-refractivity contribution in [3.05, 3.63) is 82.8 Å². The van der Waals surface area contributed by atoms with E-state index in [4.69, 9.17) is 23.7 Å². The first-order chi connectivity index (χ1) is 16.6. The molecule has 2 aromatic carbocycles. The van der Waals surface area contributed by atoms with Crippen molar-refractivity contribution in [2.75, 3.05) is 19.8 Å². The predicted molar refractivity (Wildman–Crippen MR) is 115 cm³/mol. The van der Waals surface area contributed by atoms with Gasteiger partial charge in [0.2, 0.25) is 5.76 Å². The fourth-order valence-electron chi connectivity index (χ4n) is 3.56. The smallest absolute Gasteiger partial charge is 0.378 e. The van der Waals surface area contributed by atoms with Crippen molar-refractivity contribution in [2.24, 2.45) is 0 Å². The summed E-state index contributed by atoms with van der Waals surface area (Å²) in [4.78, 5) is 37.6. The summed E-state index contributed by atoms with van der Waals surface area (Å²) < 4.78 is 54.1. The Balaban J connectivity index is 1.53. The molecular weight excluding hydrogens is 466 g/mol. The molecule has 10 heteroatoms. The second-order valence-corrected chi connectivity index (χ2v) is 8.32. The largest absolute Gasteiger partial charge is 0.482 e. The first-order valence-corrected chi connectivity index (χ1v) is 10.7. The molecule has 2 aliphatic rings. The van der Waals surface area contributed by atoms with Gasteiger partial charge in [0.25, 0.3) is 0 Å². The van der Waals surface area contributed by atoms with Crippen LogP contribution in [0.1, 0.15) is 34.6 Å². The molecule has 0 spiro atoms. The van der Waals surface area contributed by atoms with Gasteiger partial charge in [-0.2, -0.15) is 0 Å². The molecule has 184 valence electrons. The molecule has 2 aliphatic heterocycles. The minimum Gasteiger partial charge on any atom is -0.482 e. The van der Waals surface area contributed by atoms with Gasteiger partial charge in [-0.15, -0.1) is 0 Å². The number of ether oxygens (including phenoxy) is 5. The number of halogens is 2. The van der Waals surface area contributed by atoms with E-state index >= 15 is 0 Å². The van der Waals surface area contributed by atoms with Crippen LogP contribution in [0.4, 0.5) is 8.78 Å². The first-order valence-electron chi connectivity index (χ1n) is 10.7. The first kappa shape index (κ1) is 24.5. The molecule has 1 fully saturated rings. The Morgan fingerprint density at radius 3 is 1.91 bits per heavy atom. The normalized spacial score (nSPS) is 21.1.